The first-order valence-corrected chi connectivity index (χ1v) is 7.75. The molecule has 1 aliphatic carbocycles. The smallest absolute Gasteiger partial charge is 0.319 e. The van der Waals surface area contributed by atoms with Crippen molar-refractivity contribution in [3.63, 3.8) is 0 Å². The summed E-state index contributed by atoms with van der Waals surface area (Å²) in [5, 5.41) is 5.90. The van der Waals surface area contributed by atoms with Crippen molar-refractivity contribution in [3.8, 4) is 5.75 Å². The molecule has 120 valence electrons. The van der Waals surface area contributed by atoms with Crippen molar-refractivity contribution < 1.29 is 9.53 Å². The molecule has 2 aromatic carbocycles. The molecule has 4 N–H and O–H groups in total. The molecule has 1 aliphatic rings. The minimum Gasteiger partial charge on any atom is -0.497 e. The van der Waals surface area contributed by atoms with E-state index in [9.17, 15) is 4.79 Å². The van der Waals surface area contributed by atoms with Crippen LogP contribution in [0.25, 0.3) is 0 Å². The Morgan fingerprint density at radius 1 is 1.26 bits per heavy atom. The van der Waals surface area contributed by atoms with Crippen molar-refractivity contribution in [1.29, 1.82) is 0 Å². The van der Waals surface area contributed by atoms with Crippen molar-refractivity contribution in [2.75, 3.05) is 18.2 Å². The highest BCUT2D eigenvalue weighted by Crippen LogP contribution is 2.31. The third-order valence-electron chi connectivity index (χ3n) is 4.11. The second-order valence-corrected chi connectivity index (χ2v) is 5.73. The van der Waals surface area contributed by atoms with Crippen LogP contribution < -0.4 is 21.1 Å². The standard InChI is InChI=1S/C18H21N3O2/c1-23-15-6-3-5-14(11-15)20-18(22)21-17-7-2-4-12-10-13(19)8-9-16(12)17/h3,5-6,8-11,17H,2,4,7,19H2,1H3,(H2,20,21,22). The first-order chi connectivity index (χ1) is 11.2. The molecule has 5 heteroatoms. The summed E-state index contributed by atoms with van der Waals surface area (Å²) >= 11 is 0. The van der Waals surface area contributed by atoms with Crippen LogP contribution in [0.1, 0.15) is 30.0 Å². The Morgan fingerprint density at radius 3 is 2.96 bits per heavy atom. The molecule has 0 saturated carbocycles. The van der Waals surface area contributed by atoms with E-state index in [1.165, 1.54) is 5.56 Å². The molecule has 2 aromatic rings. The molecule has 1 atom stereocenters. The lowest BCUT2D eigenvalue weighted by Crippen LogP contribution is -2.34. The fraction of sp³-hybridized carbons (Fsp3) is 0.278. The van der Waals surface area contributed by atoms with Gasteiger partial charge >= 0.3 is 6.03 Å². The van der Waals surface area contributed by atoms with Gasteiger partial charge in [-0.05, 0) is 54.7 Å². The van der Waals surface area contributed by atoms with E-state index >= 15 is 0 Å². The normalized spacial score (nSPS) is 16.3. The third kappa shape index (κ3) is 3.56. The van der Waals surface area contributed by atoms with Crippen LogP contribution >= 0.6 is 0 Å². The molecule has 0 fully saturated rings. The zero-order chi connectivity index (χ0) is 16.2. The lowest BCUT2D eigenvalue weighted by molar-refractivity contribution is 0.247. The number of carbonyl (C=O) groups excluding carboxylic acids is 1. The fourth-order valence-corrected chi connectivity index (χ4v) is 3.01. The molecule has 0 saturated heterocycles. The highest BCUT2D eigenvalue weighted by molar-refractivity contribution is 5.89. The Kier molecular flexibility index (Phi) is 4.37. The van der Waals surface area contributed by atoms with Crippen LogP contribution in [0.2, 0.25) is 0 Å². The van der Waals surface area contributed by atoms with Gasteiger partial charge in [-0.1, -0.05) is 12.1 Å². The minimum atomic E-state index is -0.215. The molecule has 0 heterocycles. The highest BCUT2D eigenvalue weighted by atomic mass is 16.5. The number of amides is 2. The number of carbonyl (C=O) groups is 1. The summed E-state index contributed by atoms with van der Waals surface area (Å²) in [5.41, 5.74) is 9.70. The zero-order valence-corrected chi connectivity index (χ0v) is 13.1. The predicted octanol–water partition coefficient (Wildman–Crippen LogP) is 3.48. The number of hydrogen-bond acceptors (Lipinski definition) is 3. The Balaban J connectivity index is 1.69. The number of benzene rings is 2. The average molecular weight is 311 g/mol. The summed E-state index contributed by atoms with van der Waals surface area (Å²) in [6.07, 6.45) is 2.99. The lowest BCUT2D eigenvalue weighted by Gasteiger charge is -2.26. The Bertz CT molecular complexity index is 715. The number of nitrogens with one attached hydrogen (secondary N) is 2. The quantitative estimate of drug-likeness (QED) is 0.760. The summed E-state index contributed by atoms with van der Waals surface area (Å²) in [6.45, 7) is 0. The average Bonchev–Trinajstić information content (AvgIpc) is 2.55. The van der Waals surface area contributed by atoms with Crippen LogP contribution in [0, 0.1) is 0 Å². The van der Waals surface area contributed by atoms with Crippen molar-refractivity contribution in [3.05, 3.63) is 53.6 Å². The first-order valence-electron chi connectivity index (χ1n) is 7.75. The van der Waals surface area contributed by atoms with Gasteiger partial charge in [0.1, 0.15) is 5.75 Å². The van der Waals surface area contributed by atoms with Crippen LogP contribution in [0.3, 0.4) is 0 Å². The van der Waals surface area contributed by atoms with E-state index < -0.39 is 0 Å². The molecule has 1 unspecified atom stereocenters. The summed E-state index contributed by atoms with van der Waals surface area (Å²) in [4.78, 5) is 12.3. The molecular weight excluding hydrogens is 290 g/mol. The molecule has 0 spiro atoms. The Labute approximate surface area is 135 Å². The summed E-state index contributed by atoms with van der Waals surface area (Å²) in [5.74, 6) is 0.710. The lowest BCUT2D eigenvalue weighted by atomic mass is 9.87. The minimum absolute atomic E-state index is 0.0185. The molecule has 0 radical (unpaired) electrons. The number of methoxy groups -OCH3 is 1. The van der Waals surface area contributed by atoms with Crippen LogP contribution in [0.5, 0.6) is 5.75 Å². The number of nitrogen functional groups attached to an aromatic ring is 1. The van der Waals surface area contributed by atoms with Crippen molar-refractivity contribution in [2.45, 2.75) is 25.3 Å². The third-order valence-corrected chi connectivity index (χ3v) is 4.11. The molecule has 0 aliphatic heterocycles. The van der Waals surface area contributed by atoms with Crippen LogP contribution in [0.4, 0.5) is 16.2 Å². The summed E-state index contributed by atoms with van der Waals surface area (Å²) in [6, 6.07) is 13.0. The van der Waals surface area contributed by atoms with Gasteiger partial charge in [0.2, 0.25) is 0 Å². The molecule has 0 aromatic heterocycles. The SMILES string of the molecule is COc1cccc(NC(=O)NC2CCCc3cc(N)ccc32)c1. The number of ether oxygens (including phenoxy) is 1. The van der Waals surface area contributed by atoms with Crippen LogP contribution in [0.15, 0.2) is 42.5 Å². The number of anilines is 2. The molecule has 23 heavy (non-hydrogen) atoms. The second-order valence-electron chi connectivity index (χ2n) is 5.73. The van der Waals surface area contributed by atoms with E-state index in [2.05, 4.69) is 10.6 Å². The van der Waals surface area contributed by atoms with Gasteiger partial charge in [-0.25, -0.2) is 4.79 Å². The molecule has 2 amide bonds. The van der Waals surface area contributed by atoms with Gasteiger partial charge in [0, 0.05) is 17.4 Å². The number of nitrogens with two attached hydrogens (primary N) is 1. The van der Waals surface area contributed by atoms with E-state index in [4.69, 9.17) is 10.5 Å². The molecular formula is C18H21N3O2. The van der Waals surface area contributed by atoms with Gasteiger partial charge < -0.3 is 21.1 Å². The van der Waals surface area contributed by atoms with Gasteiger partial charge in [-0.15, -0.1) is 0 Å². The maximum absolute atomic E-state index is 12.3. The Hall–Kier alpha value is -2.69. The van der Waals surface area contributed by atoms with Gasteiger partial charge in [0.05, 0.1) is 13.2 Å². The number of fused-ring (bicyclic) bond motifs is 1. The Morgan fingerprint density at radius 2 is 2.13 bits per heavy atom. The predicted molar refractivity (Wildman–Crippen MR) is 91.7 cm³/mol. The molecule has 3 rings (SSSR count). The fourth-order valence-electron chi connectivity index (χ4n) is 3.01. The second kappa shape index (κ2) is 6.60. The number of urea groups is 1. The van der Waals surface area contributed by atoms with Crippen molar-refractivity contribution in [1.82, 2.24) is 5.32 Å². The molecule has 0 bridgehead atoms. The van der Waals surface area contributed by atoms with E-state index in [0.29, 0.717) is 11.4 Å². The largest absolute Gasteiger partial charge is 0.497 e. The van der Waals surface area contributed by atoms with Gasteiger partial charge in [0.15, 0.2) is 0 Å². The zero-order valence-electron chi connectivity index (χ0n) is 13.1. The van der Waals surface area contributed by atoms with Gasteiger partial charge in [-0.3, -0.25) is 0 Å². The van der Waals surface area contributed by atoms with Gasteiger partial charge in [0.25, 0.3) is 0 Å². The maximum Gasteiger partial charge on any atom is 0.319 e. The molecule has 5 nitrogen and oxygen atoms in total. The van der Waals surface area contributed by atoms with Crippen molar-refractivity contribution in [2.24, 2.45) is 0 Å². The summed E-state index contributed by atoms with van der Waals surface area (Å²) in [7, 11) is 1.60. The van der Waals surface area contributed by atoms with E-state index in [0.717, 1.165) is 30.5 Å². The first kappa shape index (κ1) is 15.2. The monoisotopic (exact) mass is 311 g/mol. The summed E-state index contributed by atoms with van der Waals surface area (Å²) < 4.78 is 5.16. The van der Waals surface area contributed by atoms with E-state index in [-0.39, 0.29) is 12.1 Å². The van der Waals surface area contributed by atoms with E-state index in [1.807, 2.05) is 36.4 Å². The number of aryl methyl sites for hydroxylation is 1. The highest BCUT2D eigenvalue weighted by Gasteiger charge is 2.21. The van der Waals surface area contributed by atoms with Crippen LogP contribution in [-0.2, 0) is 6.42 Å². The number of hydrogen-bond donors (Lipinski definition) is 3. The van der Waals surface area contributed by atoms with Crippen LogP contribution in [-0.4, -0.2) is 13.1 Å². The number of rotatable bonds is 3. The topological polar surface area (TPSA) is 76.4 Å². The van der Waals surface area contributed by atoms with E-state index in [1.54, 1.807) is 13.2 Å². The van der Waals surface area contributed by atoms with Crippen molar-refractivity contribution >= 4 is 17.4 Å². The van der Waals surface area contributed by atoms with Gasteiger partial charge in [-0.2, -0.15) is 0 Å². The maximum atomic E-state index is 12.3.